The quantitative estimate of drug-likeness (QED) is 0.855. The zero-order valence-electron chi connectivity index (χ0n) is 9.67. The average Bonchev–Trinajstić information content (AvgIpc) is 2.65. The van der Waals surface area contributed by atoms with Crippen LogP contribution >= 0.6 is 0 Å². The highest BCUT2D eigenvalue weighted by molar-refractivity contribution is 5.74. The largest absolute Gasteiger partial charge is 0.342 e. The fraction of sp³-hybridized carbons (Fsp3) is 0.462. The molecule has 1 aliphatic rings. The van der Waals surface area contributed by atoms with E-state index in [1.54, 1.807) is 6.07 Å². The maximum absolute atomic E-state index is 13.1. The summed E-state index contributed by atoms with van der Waals surface area (Å²) in [5, 5.41) is 0. The van der Waals surface area contributed by atoms with Crippen LogP contribution in [0.2, 0.25) is 0 Å². The number of halogens is 1. The van der Waals surface area contributed by atoms with Crippen LogP contribution in [0.3, 0.4) is 0 Å². The Balaban J connectivity index is 1.90. The molecule has 17 heavy (non-hydrogen) atoms. The van der Waals surface area contributed by atoms with E-state index in [0.717, 1.165) is 23.3 Å². The molecule has 0 unspecified atom stereocenters. The second-order valence-corrected chi connectivity index (χ2v) is 5.08. The molecule has 1 aromatic carbocycles. The maximum Gasteiger partial charge on any atom is 0.125 e. The Bertz CT molecular complexity index is 537. The smallest absolute Gasteiger partial charge is 0.125 e. The first-order valence-corrected chi connectivity index (χ1v) is 6.05. The molecular weight excluding hydrogens is 217 g/mol. The zero-order valence-corrected chi connectivity index (χ0v) is 9.67. The molecule has 0 saturated heterocycles. The van der Waals surface area contributed by atoms with Crippen molar-refractivity contribution in [3.8, 4) is 0 Å². The molecule has 1 saturated carbocycles. The summed E-state index contributed by atoms with van der Waals surface area (Å²) in [5.41, 5.74) is 7.66. The number of hydrogen-bond acceptors (Lipinski definition) is 2. The van der Waals surface area contributed by atoms with Gasteiger partial charge in [-0.15, -0.1) is 0 Å². The normalized spacial score (nSPS) is 18.2. The molecule has 0 amide bonds. The van der Waals surface area contributed by atoms with Crippen LogP contribution in [0.4, 0.5) is 4.39 Å². The minimum absolute atomic E-state index is 0.229. The van der Waals surface area contributed by atoms with E-state index in [1.807, 2.05) is 0 Å². The number of aromatic nitrogens is 2. The first-order chi connectivity index (χ1) is 8.21. The molecule has 2 aromatic rings. The summed E-state index contributed by atoms with van der Waals surface area (Å²) >= 11 is 0. The highest BCUT2D eigenvalue weighted by Gasteiger charge is 2.36. The third kappa shape index (κ3) is 1.82. The number of aromatic amines is 1. The molecule has 1 aliphatic carbocycles. The lowest BCUT2D eigenvalue weighted by molar-refractivity contribution is 0.142. The Morgan fingerprint density at radius 1 is 1.41 bits per heavy atom. The highest BCUT2D eigenvalue weighted by atomic mass is 19.1. The van der Waals surface area contributed by atoms with Crippen molar-refractivity contribution in [2.45, 2.75) is 25.7 Å². The van der Waals surface area contributed by atoms with Gasteiger partial charge in [-0.05, 0) is 43.0 Å². The van der Waals surface area contributed by atoms with Gasteiger partial charge >= 0.3 is 0 Å². The lowest BCUT2D eigenvalue weighted by Gasteiger charge is -2.40. The van der Waals surface area contributed by atoms with Gasteiger partial charge in [-0.2, -0.15) is 0 Å². The number of H-pyrrole nitrogens is 1. The number of nitrogens with one attached hydrogen (secondary N) is 1. The van der Waals surface area contributed by atoms with Crippen LogP contribution in [0.15, 0.2) is 18.2 Å². The molecule has 1 heterocycles. The number of rotatable bonds is 3. The van der Waals surface area contributed by atoms with Gasteiger partial charge in [-0.1, -0.05) is 6.42 Å². The van der Waals surface area contributed by atoms with Crippen LogP contribution < -0.4 is 5.73 Å². The highest BCUT2D eigenvalue weighted by Crippen LogP contribution is 2.42. The van der Waals surface area contributed by atoms with Crippen LogP contribution in [0.5, 0.6) is 0 Å². The van der Waals surface area contributed by atoms with Crippen molar-refractivity contribution >= 4 is 11.0 Å². The van der Waals surface area contributed by atoms with E-state index in [9.17, 15) is 4.39 Å². The predicted octanol–water partition coefficient (Wildman–Crippen LogP) is 2.37. The molecule has 0 spiro atoms. The average molecular weight is 233 g/mol. The van der Waals surface area contributed by atoms with Gasteiger partial charge in [-0.25, -0.2) is 9.37 Å². The van der Waals surface area contributed by atoms with Crippen molar-refractivity contribution in [3.05, 3.63) is 29.8 Å². The number of fused-ring (bicyclic) bond motifs is 1. The van der Waals surface area contributed by atoms with E-state index in [1.165, 1.54) is 31.4 Å². The van der Waals surface area contributed by atoms with Crippen LogP contribution in [0.25, 0.3) is 11.0 Å². The van der Waals surface area contributed by atoms with Gasteiger partial charge in [0.05, 0.1) is 11.0 Å². The van der Waals surface area contributed by atoms with Crippen molar-refractivity contribution in [1.82, 2.24) is 9.97 Å². The number of nitrogens with zero attached hydrogens (tertiary/aromatic N) is 1. The molecule has 3 N–H and O–H groups in total. The van der Waals surface area contributed by atoms with Crippen LogP contribution in [0.1, 0.15) is 25.1 Å². The van der Waals surface area contributed by atoms with E-state index >= 15 is 0 Å². The maximum atomic E-state index is 13.1. The van der Waals surface area contributed by atoms with Gasteiger partial charge < -0.3 is 10.7 Å². The summed E-state index contributed by atoms with van der Waals surface area (Å²) in [6.07, 6.45) is 4.48. The van der Waals surface area contributed by atoms with E-state index in [-0.39, 0.29) is 11.2 Å². The Morgan fingerprint density at radius 2 is 2.24 bits per heavy atom. The molecule has 0 atom stereocenters. The van der Waals surface area contributed by atoms with E-state index in [0.29, 0.717) is 6.54 Å². The predicted molar refractivity (Wildman–Crippen MR) is 65.1 cm³/mol. The topological polar surface area (TPSA) is 54.7 Å². The van der Waals surface area contributed by atoms with E-state index in [2.05, 4.69) is 9.97 Å². The summed E-state index contributed by atoms with van der Waals surface area (Å²) in [4.78, 5) is 7.68. The molecule has 1 aromatic heterocycles. The molecular formula is C13H16FN3. The second-order valence-electron chi connectivity index (χ2n) is 5.08. The fourth-order valence-corrected chi connectivity index (χ4v) is 2.60. The lowest BCUT2D eigenvalue weighted by Crippen LogP contribution is -2.39. The monoisotopic (exact) mass is 233 g/mol. The molecule has 0 bridgehead atoms. The molecule has 3 nitrogen and oxygen atoms in total. The molecule has 0 aliphatic heterocycles. The summed E-state index contributed by atoms with van der Waals surface area (Å²) in [6.45, 7) is 0.707. The van der Waals surface area contributed by atoms with Crippen molar-refractivity contribution in [2.24, 2.45) is 11.1 Å². The summed E-state index contributed by atoms with van der Waals surface area (Å²) in [6, 6.07) is 4.64. The van der Waals surface area contributed by atoms with Gasteiger partial charge in [0, 0.05) is 6.42 Å². The summed E-state index contributed by atoms with van der Waals surface area (Å²) in [7, 11) is 0. The molecule has 0 radical (unpaired) electrons. The van der Waals surface area contributed by atoms with Crippen LogP contribution in [0, 0.1) is 11.2 Å². The summed E-state index contributed by atoms with van der Waals surface area (Å²) < 4.78 is 13.1. The Hall–Kier alpha value is -1.42. The third-order valence-corrected chi connectivity index (χ3v) is 3.88. The standard InChI is InChI=1S/C13H16FN3/c14-9-2-3-10-11(6-9)17-12(16-10)7-13(8-15)4-1-5-13/h2-3,6H,1,4-5,7-8,15H2,(H,16,17). The zero-order chi connectivity index (χ0) is 11.9. The summed E-state index contributed by atoms with van der Waals surface area (Å²) in [5.74, 6) is 0.695. The minimum Gasteiger partial charge on any atom is -0.342 e. The van der Waals surface area contributed by atoms with Crippen molar-refractivity contribution in [2.75, 3.05) is 6.54 Å². The van der Waals surface area contributed by atoms with Gasteiger partial charge in [0.2, 0.25) is 0 Å². The van der Waals surface area contributed by atoms with E-state index in [4.69, 9.17) is 5.73 Å². The Kier molecular flexibility index (Phi) is 2.40. The van der Waals surface area contributed by atoms with Gasteiger partial charge in [-0.3, -0.25) is 0 Å². The van der Waals surface area contributed by atoms with Crippen LogP contribution in [-0.2, 0) is 6.42 Å². The van der Waals surface area contributed by atoms with Gasteiger partial charge in [0.25, 0.3) is 0 Å². The molecule has 1 fully saturated rings. The fourth-order valence-electron chi connectivity index (χ4n) is 2.60. The van der Waals surface area contributed by atoms with Crippen molar-refractivity contribution in [1.29, 1.82) is 0 Å². The second kappa shape index (κ2) is 3.81. The number of benzene rings is 1. The van der Waals surface area contributed by atoms with Crippen LogP contribution in [-0.4, -0.2) is 16.5 Å². The van der Waals surface area contributed by atoms with Gasteiger partial charge in [0.15, 0.2) is 0 Å². The SMILES string of the molecule is NCC1(Cc2nc3ccc(F)cc3[nH]2)CCC1. The number of nitrogens with two attached hydrogens (primary N) is 1. The minimum atomic E-state index is -0.232. The Morgan fingerprint density at radius 3 is 2.88 bits per heavy atom. The molecule has 3 rings (SSSR count). The third-order valence-electron chi connectivity index (χ3n) is 3.88. The number of hydrogen-bond donors (Lipinski definition) is 2. The van der Waals surface area contributed by atoms with Crippen molar-refractivity contribution in [3.63, 3.8) is 0 Å². The van der Waals surface area contributed by atoms with Gasteiger partial charge in [0.1, 0.15) is 11.6 Å². The van der Waals surface area contributed by atoms with E-state index < -0.39 is 0 Å². The molecule has 90 valence electrons. The first-order valence-electron chi connectivity index (χ1n) is 6.05. The molecule has 4 heteroatoms. The first kappa shape index (κ1) is 10.7. The number of imidazole rings is 1. The lowest BCUT2D eigenvalue weighted by atomic mass is 9.66. The Labute approximate surface area is 99.2 Å². The van der Waals surface area contributed by atoms with Crippen molar-refractivity contribution < 1.29 is 4.39 Å².